The number of halogens is 2. The van der Waals surface area contributed by atoms with Crippen molar-refractivity contribution in [2.24, 2.45) is 5.73 Å². The summed E-state index contributed by atoms with van der Waals surface area (Å²) in [6, 6.07) is 3.88. The SMILES string of the molecule is CC(N)CCNC(=O)CCCc1ccc(F)c(F)c1. The molecule has 0 aliphatic carbocycles. The molecular formula is C14H20F2N2O. The summed E-state index contributed by atoms with van der Waals surface area (Å²) in [7, 11) is 0. The molecule has 1 unspecified atom stereocenters. The highest BCUT2D eigenvalue weighted by Gasteiger charge is 2.05. The molecule has 1 rings (SSSR count). The number of benzene rings is 1. The molecule has 1 aromatic carbocycles. The smallest absolute Gasteiger partial charge is 0.220 e. The zero-order valence-electron chi connectivity index (χ0n) is 11.1. The Morgan fingerprint density at radius 2 is 2.11 bits per heavy atom. The van der Waals surface area contributed by atoms with Gasteiger partial charge in [-0.05, 0) is 43.9 Å². The summed E-state index contributed by atoms with van der Waals surface area (Å²) in [6.45, 7) is 2.46. The summed E-state index contributed by atoms with van der Waals surface area (Å²) >= 11 is 0. The van der Waals surface area contributed by atoms with E-state index in [1.807, 2.05) is 6.92 Å². The molecular weight excluding hydrogens is 250 g/mol. The van der Waals surface area contributed by atoms with Crippen molar-refractivity contribution in [2.45, 2.75) is 38.6 Å². The van der Waals surface area contributed by atoms with Crippen molar-refractivity contribution in [3.63, 3.8) is 0 Å². The van der Waals surface area contributed by atoms with Crippen LogP contribution in [0.15, 0.2) is 18.2 Å². The number of carbonyl (C=O) groups excluding carboxylic acids is 1. The molecule has 1 amide bonds. The average molecular weight is 270 g/mol. The van der Waals surface area contributed by atoms with Crippen molar-refractivity contribution in [3.05, 3.63) is 35.4 Å². The van der Waals surface area contributed by atoms with Crippen molar-refractivity contribution >= 4 is 5.91 Å². The standard InChI is InChI=1S/C14H20F2N2O/c1-10(17)7-8-18-14(19)4-2-3-11-5-6-12(15)13(16)9-11/h5-6,9-10H,2-4,7-8,17H2,1H3,(H,18,19). The van der Waals surface area contributed by atoms with Crippen LogP contribution in [0.25, 0.3) is 0 Å². The van der Waals surface area contributed by atoms with Gasteiger partial charge in [-0.15, -0.1) is 0 Å². The molecule has 0 fully saturated rings. The number of nitrogens with two attached hydrogens (primary N) is 1. The Hall–Kier alpha value is -1.49. The van der Waals surface area contributed by atoms with Gasteiger partial charge in [-0.2, -0.15) is 0 Å². The van der Waals surface area contributed by atoms with Gasteiger partial charge in [-0.3, -0.25) is 4.79 Å². The minimum absolute atomic E-state index is 0.0387. The molecule has 19 heavy (non-hydrogen) atoms. The molecule has 0 aliphatic rings. The lowest BCUT2D eigenvalue weighted by molar-refractivity contribution is -0.121. The van der Waals surface area contributed by atoms with Crippen molar-refractivity contribution < 1.29 is 13.6 Å². The van der Waals surface area contributed by atoms with Gasteiger partial charge in [-0.25, -0.2) is 8.78 Å². The first-order chi connectivity index (χ1) is 8.99. The summed E-state index contributed by atoms with van der Waals surface area (Å²) in [5.41, 5.74) is 6.26. The van der Waals surface area contributed by atoms with Crippen LogP contribution < -0.4 is 11.1 Å². The second-order valence-corrected chi connectivity index (χ2v) is 4.72. The van der Waals surface area contributed by atoms with Gasteiger partial charge in [0.15, 0.2) is 11.6 Å². The number of hydrogen-bond acceptors (Lipinski definition) is 2. The van der Waals surface area contributed by atoms with Gasteiger partial charge < -0.3 is 11.1 Å². The van der Waals surface area contributed by atoms with Crippen molar-refractivity contribution in [1.29, 1.82) is 0 Å². The molecule has 0 bridgehead atoms. The minimum atomic E-state index is -0.850. The molecule has 106 valence electrons. The fourth-order valence-electron chi connectivity index (χ4n) is 1.68. The highest BCUT2D eigenvalue weighted by Crippen LogP contribution is 2.11. The molecule has 0 aliphatic heterocycles. The fraction of sp³-hybridized carbons (Fsp3) is 0.500. The maximum atomic E-state index is 12.9. The first-order valence-electron chi connectivity index (χ1n) is 6.45. The van der Waals surface area contributed by atoms with E-state index in [1.54, 1.807) is 0 Å². The summed E-state index contributed by atoms with van der Waals surface area (Å²) in [4.78, 5) is 11.4. The summed E-state index contributed by atoms with van der Waals surface area (Å²) in [5.74, 6) is -1.74. The molecule has 1 atom stereocenters. The second-order valence-electron chi connectivity index (χ2n) is 4.72. The number of hydrogen-bond donors (Lipinski definition) is 2. The van der Waals surface area contributed by atoms with Crippen LogP contribution >= 0.6 is 0 Å². The highest BCUT2D eigenvalue weighted by molar-refractivity contribution is 5.75. The van der Waals surface area contributed by atoms with E-state index in [9.17, 15) is 13.6 Å². The van der Waals surface area contributed by atoms with Crippen molar-refractivity contribution in [1.82, 2.24) is 5.32 Å². The van der Waals surface area contributed by atoms with E-state index in [0.717, 1.165) is 12.5 Å². The number of aryl methyl sites for hydroxylation is 1. The average Bonchev–Trinajstić information content (AvgIpc) is 2.33. The van der Waals surface area contributed by atoms with E-state index >= 15 is 0 Å². The van der Waals surface area contributed by atoms with E-state index < -0.39 is 11.6 Å². The predicted molar refractivity (Wildman–Crippen MR) is 70.6 cm³/mol. The van der Waals surface area contributed by atoms with Crippen molar-refractivity contribution in [2.75, 3.05) is 6.54 Å². The van der Waals surface area contributed by atoms with Crippen LogP contribution in [-0.2, 0) is 11.2 Å². The molecule has 0 saturated carbocycles. The van der Waals surface area contributed by atoms with E-state index in [4.69, 9.17) is 5.73 Å². The molecule has 3 N–H and O–H groups in total. The van der Waals surface area contributed by atoms with E-state index in [-0.39, 0.29) is 11.9 Å². The molecule has 5 heteroatoms. The molecule has 1 aromatic rings. The van der Waals surface area contributed by atoms with Gasteiger partial charge in [-0.1, -0.05) is 6.07 Å². The Morgan fingerprint density at radius 3 is 2.74 bits per heavy atom. The van der Waals surface area contributed by atoms with Crippen LogP contribution in [0.1, 0.15) is 31.7 Å². The fourth-order valence-corrected chi connectivity index (χ4v) is 1.68. The zero-order chi connectivity index (χ0) is 14.3. The molecule has 3 nitrogen and oxygen atoms in total. The summed E-state index contributed by atoms with van der Waals surface area (Å²) < 4.78 is 25.6. The van der Waals surface area contributed by atoms with Gasteiger partial charge in [0, 0.05) is 19.0 Å². The highest BCUT2D eigenvalue weighted by atomic mass is 19.2. The van der Waals surface area contributed by atoms with Crippen LogP contribution in [0.3, 0.4) is 0 Å². The third kappa shape index (κ3) is 6.29. The minimum Gasteiger partial charge on any atom is -0.356 e. The lowest BCUT2D eigenvalue weighted by Crippen LogP contribution is -2.28. The molecule has 0 heterocycles. The van der Waals surface area contributed by atoms with Crippen molar-refractivity contribution in [3.8, 4) is 0 Å². The summed E-state index contributed by atoms with van der Waals surface area (Å²) in [5, 5.41) is 2.77. The van der Waals surface area contributed by atoms with Crippen LogP contribution in [0, 0.1) is 11.6 Å². The maximum Gasteiger partial charge on any atom is 0.220 e. The molecule has 0 spiro atoms. The maximum absolute atomic E-state index is 12.9. The second kappa shape index (κ2) is 7.84. The Bertz CT molecular complexity index is 422. The normalized spacial score (nSPS) is 12.2. The van der Waals surface area contributed by atoms with Gasteiger partial charge in [0.05, 0.1) is 0 Å². The van der Waals surface area contributed by atoms with Crippen LogP contribution in [-0.4, -0.2) is 18.5 Å². The predicted octanol–water partition coefficient (Wildman–Crippen LogP) is 2.14. The van der Waals surface area contributed by atoms with Crippen LogP contribution in [0.2, 0.25) is 0 Å². The quantitative estimate of drug-likeness (QED) is 0.797. The van der Waals surface area contributed by atoms with E-state index in [2.05, 4.69) is 5.32 Å². The lowest BCUT2D eigenvalue weighted by atomic mass is 10.1. The van der Waals surface area contributed by atoms with E-state index in [1.165, 1.54) is 12.1 Å². The molecule has 0 aromatic heterocycles. The van der Waals surface area contributed by atoms with Gasteiger partial charge >= 0.3 is 0 Å². The Balaban J connectivity index is 2.22. The third-order valence-electron chi connectivity index (χ3n) is 2.78. The number of rotatable bonds is 7. The first-order valence-corrected chi connectivity index (χ1v) is 6.45. The Morgan fingerprint density at radius 1 is 1.37 bits per heavy atom. The zero-order valence-corrected chi connectivity index (χ0v) is 11.1. The first kappa shape index (κ1) is 15.6. The lowest BCUT2D eigenvalue weighted by Gasteiger charge is -2.07. The number of nitrogens with one attached hydrogen (secondary N) is 1. The van der Waals surface area contributed by atoms with Gasteiger partial charge in [0.1, 0.15) is 0 Å². The van der Waals surface area contributed by atoms with E-state index in [0.29, 0.717) is 31.4 Å². The van der Waals surface area contributed by atoms with Crippen LogP contribution in [0.5, 0.6) is 0 Å². The molecule has 0 saturated heterocycles. The Kier molecular flexibility index (Phi) is 6.42. The van der Waals surface area contributed by atoms with Gasteiger partial charge in [0.2, 0.25) is 5.91 Å². The van der Waals surface area contributed by atoms with Crippen LogP contribution in [0.4, 0.5) is 8.78 Å². The summed E-state index contributed by atoms with van der Waals surface area (Å²) in [6.07, 6.45) is 2.28. The largest absolute Gasteiger partial charge is 0.356 e. The Labute approximate surface area is 112 Å². The molecule has 0 radical (unpaired) electrons. The third-order valence-corrected chi connectivity index (χ3v) is 2.78. The number of amides is 1. The topological polar surface area (TPSA) is 55.1 Å². The van der Waals surface area contributed by atoms with Gasteiger partial charge in [0.25, 0.3) is 0 Å². The monoisotopic (exact) mass is 270 g/mol. The number of carbonyl (C=O) groups is 1.